The summed E-state index contributed by atoms with van der Waals surface area (Å²) in [6.45, 7) is 10.4. The van der Waals surface area contributed by atoms with E-state index in [2.05, 4.69) is 32.6 Å². The van der Waals surface area contributed by atoms with Crippen molar-refractivity contribution < 1.29 is 9.13 Å². The molecule has 0 fully saturated rings. The standard InChI is InChI=1S/C17H29FN2O/c1-6-17(7-2,20(8-3)9-4)16(19)14-12-13(18)10-11-15(14)21-5/h10-12,16H,6-9,19H2,1-5H3. The summed E-state index contributed by atoms with van der Waals surface area (Å²) in [7, 11) is 1.60. The molecule has 1 unspecified atom stereocenters. The van der Waals surface area contributed by atoms with Gasteiger partial charge in [-0.25, -0.2) is 4.39 Å². The average molecular weight is 296 g/mol. The van der Waals surface area contributed by atoms with E-state index in [1.165, 1.54) is 12.1 Å². The molecule has 0 aliphatic rings. The lowest BCUT2D eigenvalue weighted by Gasteiger charge is -2.47. The largest absolute Gasteiger partial charge is 0.496 e. The molecule has 2 N–H and O–H groups in total. The van der Waals surface area contributed by atoms with Crippen molar-refractivity contribution in [2.24, 2.45) is 5.73 Å². The van der Waals surface area contributed by atoms with Crippen LogP contribution >= 0.6 is 0 Å². The number of nitrogens with two attached hydrogens (primary N) is 1. The Morgan fingerprint density at radius 1 is 1.19 bits per heavy atom. The molecule has 0 saturated carbocycles. The molecule has 1 aromatic rings. The summed E-state index contributed by atoms with van der Waals surface area (Å²) in [5.74, 6) is 0.379. The third-order valence-corrected chi connectivity index (χ3v) is 4.72. The summed E-state index contributed by atoms with van der Waals surface area (Å²) in [5, 5.41) is 0. The Labute approximate surface area is 128 Å². The minimum atomic E-state index is -0.293. The molecule has 1 rings (SSSR count). The molecule has 0 radical (unpaired) electrons. The lowest BCUT2D eigenvalue weighted by atomic mass is 9.79. The van der Waals surface area contributed by atoms with Crippen LogP contribution in [0.4, 0.5) is 4.39 Å². The zero-order valence-electron chi connectivity index (χ0n) is 13.9. The van der Waals surface area contributed by atoms with E-state index in [-0.39, 0.29) is 17.4 Å². The summed E-state index contributed by atoms with van der Waals surface area (Å²) < 4.78 is 19.1. The SMILES string of the molecule is CCN(CC)C(CC)(CC)C(N)c1cc(F)ccc1OC. The maximum Gasteiger partial charge on any atom is 0.123 e. The Kier molecular flexibility index (Phi) is 6.62. The fourth-order valence-corrected chi connectivity index (χ4v) is 3.42. The van der Waals surface area contributed by atoms with Crippen molar-refractivity contribution in [3.63, 3.8) is 0 Å². The smallest absolute Gasteiger partial charge is 0.123 e. The van der Waals surface area contributed by atoms with Gasteiger partial charge in [-0.2, -0.15) is 0 Å². The second-order valence-corrected chi connectivity index (χ2v) is 5.35. The highest BCUT2D eigenvalue weighted by Gasteiger charge is 2.39. The van der Waals surface area contributed by atoms with Crippen LogP contribution < -0.4 is 10.5 Å². The molecule has 3 nitrogen and oxygen atoms in total. The zero-order chi connectivity index (χ0) is 16.0. The van der Waals surface area contributed by atoms with Crippen molar-refractivity contribution in [2.75, 3.05) is 20.2 Å². The van der Waals surface area contributed by atoms with Crippen molar-refractivity contribution in [3.05, 3.63) is 29.6 Å². The third-order valence-electron chi connectivity index (χ3n) is 4.72. The molecule has 0 heterocycles. The van der Waals surface area contributed by atoms with Gasteiger partial charge in [0.15, 0.2) is 0 Å². The van der Waals surface area contributed by atoms with E-state index in [4.69, 9.17) is 10.5 Å². The summed E-state index contributed by atoms with van der Waals surface area (Å²) >= 11 is 0. The number of nitrogens with zero attached hydrogens (tertiary/aromatic N) is 1. The minimum absolute atomic E-state index is 0.190. The highest BCUT2D eigenvalue weighted by Crippen LogP contribution is 2.39. The molecule has 1 aromatic carbocycles. The van der Waals surface area contributed by atoms with Gasteiger partial charge in [-0.1, -0.05) is 27.7 Å². The molecule has 0 aromatic heterocycles. The van der Waals surface area contributed by atoms with Crippen LogP contribution in [0.25, 0.3) is 0 Å². The van der Waals surface area contributed by atoms with Gasteiger partial charge in [0.1, 0.15) is 11.6 Å². The molecule has 21 heavy (non-hydrogen) atoms. The summed E-state index contributed by atoms with van der Waals surface area (Å²) in [5.41, 5.74) is 7.16. The number of methoxy groups -OCH3 is 1. The number of benzene rings is 1. The van der Waals surface area contributed by atoms with Gasteiger partial charge in [-0.3, -0.25) is 4.90 Å². The van der Waals surface area contributed by atoms with Gasteiger partial charge in [0, 0.05) is 11.1 Å². The Hall–Kier alpha value is -1.13. The molecular formula is C17H29FN2O. The Balaban J connectivity index is 3.35. The number of rotatable bonds is 8. The topological polar surface area (TPSA) is 38.5 Å². The molecular weight excluding hydrogens is 267 g/mol. The van der Waals surface area contributed by atoms with Gasteiger partial charge in [0.05, 0.1) is 13.2 Å². The molecule has 4 heteroatoms. The molecule has 1 atom stereocenters. The predicted molar refractivity (Wildman–Crippen MR) is 86.1 cm³/mol. The van der Waals surface area contributed by atoms with E-state index in [0.717, 1.165) is 31.5 Å². The lowest BCUT2D eigenvalue weighted by Crippen LogP contribution is -2.54. The van der Waals surface area contributed by atoms with Crippen LogP contribution in [0.1, 0.15) is 52.1 Å². The summed E-state index contributed by atoms with van der Waals surface area (Å²) in [4.78, 5) is 2.38. The van der Waals surface area contributed by atoms with Gasteiger partial charge < -0.3 is 10.5 Å². The first-order chi connectivity index (χ1) is 10.00. The zero-order valence-corrected chi connectivity index (χ0v) is 13.9. The Morgan fingerprint density at radius 3 is 2.19 bits per heavy atom. The van der Waals surface area contributed by atoms with Crippen LogP contribution in [-0.4, -0.2) is 30.6 Å². The van der Waals surface area contributed by atoms with Crippen molar-refractivity contribution in [2.45, 2.75) is 52.1 Å². The third kappa shape index (κ3) is 3.38. The minimum Gasteiger partial charge on any atom is -0.496 e. The fraction of sp³-hybridized carbons (Fsp3) is 0.647. The highest BCUT2D eigenvalue weighted by molar-refractivity contribution is 5.38. The van der Waals surface area contributed by atoms with Gasteiger partial charge in [0.25, 0.3) is 0 Å². The first-order valence-electron chi connectivity index (χ1n) is 7.84. The van der Waals surface area contributed by atoms with Gasteiger partial charge in [-0.05, 0) is 44.1 Å². The molecule has 0 aliphatic carbocycles. The van der Waals surface area contributed by atoms with E-state index in [0.29, 0.717) is 5.75 Å². The van der Waals surface area contributed by atoms with Crippen LogP contribution in [0, 0.1) is 5.82 Å². The van der Waals surface area contributed by atoms with E-state index in [1.807, 2.05) is 0 Å². The lowest BCUT2D eigenvalue weighted by molar-refractivity contribution is 0.0616. The number of hydrogen-bond acceptors (Lipinski definition) is 3. The predicted octanol–water partition coefficient (Wildman–Crippen LogP) is 3.73. The first kappa shape index (κ1) is 17.9. The monoisotopic (exact) mass is 296 g/mol. The Morgan fingerprint density at radius 2 is 1.76 bits per heavy atom. The second-order valence-electron chi connectivity index (χ2n) is 5.35. The number of likely N-dealkylation sites (N-methyl/N-ethyl adjacent to an activating group) is 1. The first-order valence-corrected chi connectivity index (χ1v) is 7.84. The van der Waals surface area contributed by atoms with Gasteiger partial charge in [-0.15, -0.1) is 0 Å². The number of halogens is 1. The van der Waals surface area contributed by atoms with E-state index in [9.17, 15) is 4.39 Å². The maximum atomic E-state index is 13.7. The highest BCUT2D eigenvalue weighted by atomic mass is 19.1. The fourth-order valence-electron chi connectivity index (χ4n) is 3.42. The number of ether oxygens (including phenoxy) is 1. The normalized spacial score (nSPS) is 13.5. The van der Waals surface area contributed by atoms with Gasteiger partial charge in [0.2, 0.25) is 0 Å². The molecule has 0 saturated heterocycles. The molecule has 0 bridgehead atoms. The quantitative estimate of drug-likeness (QED) is 0.794. The van der Waals surface area contributed by atoms with Gasteiger partial charge >= 0.3 is 0 Å². The molecule has 120 valence electrons. The van der Waals surface area contributed by atoms with Crippen LogP contribution in [0.3, 0.4) is 0 Å². The van der Waals surface area contributed by atoms with Crippen molar-refractivity contribution in [1.82, 2.24) is 4.90 Å². The van der Waals surface area contributed by atoms with Crippen LogP contribution in [0.5, 0.6) is 5.75 Å². The summed E-state index contributed by atoms with van der Waals surface area (Å²) in [6, 6.07) is 4.28. The van der Waals surface area contributed by atoms with Crippen LogP contribution in [0.2, 0.25) is 0 Å². The van der Waals surface area contributed by atoms with Crippen molar-refractivity contribution in [1.29, 1.82) is 0 Å². The molecule has 0 amide bonds. The summed E-state index contributed by atoms with van der Waals surface area (Å²) in [6.07, 6.45) is 1.82. The van der Waals surface area contributed by atoms with Crippen LogP contribution in [0.15, 0.2) is 18.2 Å². The maximum absolute atomic E-state index is 13.7. The van der Waals surface area contributed by atoms with E-state index < -0.39 is 0 Å². The van der Waals surface area contributed by atoms with Crippen molar-refractivity contribution >= 4 is 0 Å². The second kappa shape index (κ2) is 7.76. The molecule has 0 aliphatic heterocycles. The Bertz CT molecular complexity index is 442. The average Bonchev–Trinajstić information content (AvgIpc) is 2.52. The van der Waals surface area contributed by atoms with Crippen molar-refractivity contribution in [3.8, 4) is 5.75 Å². The van der Waals surface area contributed by atoms with Crippen LogP contribution in [-0.2, 0) is 0 Å². The van der Waals surface area contributed by atoms with E-state index in [1.54, 1.807) is 13.2 Å². The molecule has 0 spiro atoms. The number of hydrogen-bond donors (Lipinski definition) is 1. The van der Waals surface area contributed by atoms with E-state index >= 15 is 0 Å².